The van der Waals surface area contributed by atoms with E-state index in [0.717, 1.165) is 29.8 Å². The molecule has 3 heterocycles. The van der Waals surface area contributed by atoms with Crippen LogP contribution in [-0.4, -0.2) is 55.6 Å². The highest BCUT2D eigenvalue weighted by Crippen LogP contribution is 2.28. The number of aromatic amines is 1. The zero-order valence-corrected chi connectivity index (χ0v) is 19.1. The maximum absolute atomic E-state index is 13.3. The van der Waals surface area contributed by atoms with Crippen LogP contribution in [0.1, 0.15) is 35.1 Å². The van der Waals surface area contributed by atoms with Crippen LogP contribution in [-0.2, 0) is 7.05 Å². The minimum absolute atomic E-state index is 0.0485. The molecule has 0 spiro atoms. The van der Waals surface area contributed by atoms with Crippen LogP contribution in [0, 0.1) is 0 Å². The molecule has 1 fully saturated rings. The maximum Gasteiger partial charge on any atom is 0.350 e. The van der Waals surface area contributed by atoms with Crippen molar-refractivity contribution in [3.05, 3.63) is 82.7 Å². The minimum Gasteiger partial charge on any atom is -0.497 e. The number of para-hydroxylation sites is 1. The van der Waals surface area contributed by atoms with Gasteiger partial charge in [-0.1, -0.05) is 30.3 Å². The first-order chi connectivity index (χ1) is 16.5. The van der Waals surface area contributed by atoms with Gasteiger partial charge in [0, 0.05) is 31.6 Å². The van der Waals surface area contributed by atoms with Gasteiger partial charge in [0.05, 0.1) is 18.5 Å². The van der Waals surface area contributed by atoms with Crippen molar-refractivity contribution in [2.24, 2.45) is 7.05 Å². The van der Waals surface area contributed by atoms with E-state index < -0.39 is 0 Å². The van der Waals surface area contributed by atoms with Gasteiger partial charge >= 0.3 is 5.69 Å². The Bertz CT molecular complexity index is 1370. The summed E-state index contributed by atoms with van der Waals surface area (Å²) in [5, 5.41) is 11.8. The van der Waals surface area contributed by atoms with Gasteiger partial charge in [0.1, 0.15) is 17.3 Å². The topological polar surface area (TPSA) is 98.0 Å². The molecule has 34 heavy (non-hydrogen) atoms. The van der Waals surface area contributed by atoms with Gasteiger partial charge in [0.2, 0.25) is 0 Å². The quantitative estimate of drug-likeness (QED) is 0.496. The van der Waals surface area contributed by atoms with Crippen LogP contribution >= 0.6 is 0 Å². The van der Waals surface area contributed by atoms with Gasteiger partial charge in [0.15, 0.2) is 0 Å². The van der Waals surface area contributed by atoms with E-state index in [-0.39, 0.29) is 17.5 Å². The Labute approximate surface area is 196 Å². The van der Waals surface area contributed by atoms with E-state index in [4.69, 9.17) is 4.74 Å². The normalized spacial score (nSPS) is 15.9. The van der Waals surface area contributed by atoms with E-state index in [1.165, 1.54) is 4.68 Å². The summed E-state index contributed by atoms with van der Waals surface area (Å²) in [4.78, 5) is 27.9. The van der Waals surface area contributed by atoms with Crippen molar-refractivity contribution >= 4 is 5.91 Å². The zero-order chi connectivity index (χ0) is 23.7. The molecule has 4 aromatic rings. The van der Waals surface area contributed by atoms with Gasteiger partial charge in [-0.05, 0) is 43.2 Å². The summed E-state index contributed by atoms with van der Waals surface area (Å²) in [5.41, 5.74) is 2.56. The predicted molar refractivity (Wildman–Crippen MR) is 127 cm³/mol. The lowest BCUT2D eigenvalue weighted by Crippen LogP contribution is -2.40. The fourth-order valence-corrected chi connectivity index (χ4v) is 4.47. The van der Waals surface area contributed by atoms with Crippen LogP contribution < -0.4 is 10.4 Å². The summed E-state index contributed by atoms with van der Waals surface area (Å²) in [7, 11) is 3.27. The summed E-state index contributed by atoms with van der Waals surface area (Å²) in [6, 6.07) is 18.8. The van der Waals surface area contributed by atoms with Crippen molar-refractivity contribution < 1.29 is 9.53 Å². The zero-order valence-electron chi connectivity index (χ0n) is 19.1. The number of methoxy groups -OCH3 is 1. The first-order valence-corrected chi connectivity index (χ1v) is 11.3. The van der Waals surface area contributed by atoms with Crippen LogP contribution in [0.25, 0.3) is 16.9 Å². The summed E-state index contributed by atoms with van der Waals surface area (Å²) < 4.78 is 8.29. The number of ether oxygens (including phenoxy) is 1. The number of carbonyl (C=O) groups is 1. The summed E-state index contributed by atoms with van der Waals surface area (Å²) in [5.74, 6) is 1.24. The van der Waals surface area contributed by atoms with Crippen LogP contribution in [0.4, 0.5) is 0 Å². The first kappa shape index (κ1) is 21.7. The van der Waals surface area contributed by atoms with Crippen molar-refractivity contribution in [1.29, 1.82) is 0 Å². The lowest BCUT2D eigenvalue weighted by Gasteiger charge is -2.32. The number of amides is 1. The van der Waals surface area contributed by atoms with Gasteiger partial charge in [0.25, 0.3) is 5.91 Å². The van der Waals surface area contributed by atoms with Gasteiger partial charge in [-0.15, -0.1) is 0 Å². The predicted octanol–water partition coefficient (Wildman–Crippen LogP) is 2.99. The van der Waals surface area contributed by atoms with Gasteiger partial charge in [-0.25, -0.2) is 14.0 Å². The van der Waals surface area contributed by atoms with Crippen molar-refractivity contribution in [3.63, 3.8) is 0 Å². The van der Waals surface area contributed by atoms with E-state index in [1.807, 2.05) is 59.5 Å². The molecular weight excluding hydrogens is 432 g/mol. The first-order valence-electron chi connectivity index (χ1n) is 11.3. The SMILES string of the molecule is COc1cccc(-c2cc(C(=O)N3CCCC(c4nn(C)c(=O)n4-c4ccccc4)C3)[nH]n2)c1. The number of benzene rings is 2. The fraction of sp³-hybridized carbons (Fsp3) is 0.280. The maximum atomic E-state index is 13.3. The average molecular weight is 459 g/mol. The summed E-state index contributed by atoms with van der Waals surface area (Å²) in [6.07, 6.45) is 1.68. The molecule has 174 valence electrons. The van der Waals surface area contributed by atoms with Gasteiger partial charge in [-0.2, -0.15) is 10.2 Å². The second-order valence-electron chi connectivity index (χ2n) is 8.42. The molecule has 1 unspecified atom stereocenters. The third-order valence-electron chi connectivity index (χ3n) is 6.21. The Hall–Kier alpha value is -4.14. The molecule has 1 aliphatic rings. The lowest BCUT2D eigenvalue weighted by atomic mass is 9.96. The van der Waals surface area contributed by atoms with E-state index in [0.29, 0.717) is 30.3 Å². The number of carbonyl (C=O) groups excluding carboxylic acids is 1. The second kappa shape index (κ2) is 9.01. The number of hydrogen-bond donors (Lipinski definition) is 1. The largest absolute Gasteiger partial charge is 0.497 e. The van der Waals surface area contributed by atoms with Crippen LogP contribution in [0.5, 0.6) is 5.75 Å². The Kier molecular flexibility index (Phi) is 5.75. The molecule has 2 aromatic heterocycles. The smallest absolute Gasteiger partial charge is 0.350 e. The third kappa shape index (κ3) is 4.00. The highest BCUT2D eigenvalue weighted by atomic mass is 16.5. The van der Waals surface area contributed by atoms with Crippen LogP contribution in [0.3, 0.4) is 0 Å². The molecule has 9 heteroatoms. The molecule has 0 radical (unpaired) electrons. The molecule has 2 aromatic carbocycles. The molecule has 1 amide bonds. The van der Waals surface area contributed by atoms with E-state index >= 15 is 0 Å². The molecule has 0 aliphatic carbocycles. The highest BCUT2D eigenvalue weighted by Gasteiger charge is 2.30. The standard InChI is InChI=1S/C25H26N6O3/c1-29-25(33)31(19-10-4-3-5-11-19)23(28-29)18-9-7-13-30(16-18)24(32)22-15-21(26-27-22)17-8-6-12-20(14-17)34-2/h3-6,8,10-12,14-15,18H,7,9,13,16H2,1-2H3,(H,26,27). The molecule has 0 saturated carbocycles. The van der Waals surface area contributed by atoms with E-state index in [1.54, 1.807) is 24.8 Å². The number of piperidine rings is 1. The Balaban J connectivity index is 1.39. The number of H-pyrrole nitrogens is 1. The minimum atomic E-state index is -0.193. The molecule has 5 rings (SSSR count). The molecule has 1 aliphatic heterocycles. The molecule has 0 bridgehead atoms. The highest BCUT2D eigenvalue weighted by molar-refractivity contribution is 5.93. The third-order valence-corrected chi connectivity index (χ3v) is 6.21. The number of aromatic nitrogens is 5. The Morgan fingerprint density at radius 3 is 2.74 bits per heavy atom. The molecule has 9 nitrogen and oxygen atoms in total. The Morgan fingerprint density at radius 2 is 1.94 bits per heavy atom. The lowest BCUT2D eigenvalue weighted by molar-refractivity contribution is 0.0698. The molecular formula is C25H26N6O3. The van der Waals surface area contributed by atoms with Crippen LogP contribution in [0.15, 0.2) is 65.5 Å². The van der Waals surface area contributed by atoms with Crippen molar-refractivity contribution in [1.82, 2.24) is 29.4 Å². The molecule has 1 atom stereocenters. The van der Waals surface area contributed by atoms with Crippen molar-refractivity contribution in [2.45, 2.75) is 18.8 Å². The number of rotatable bonds is 5. The molecule has 1 saturated heterocycles. The number of likely N-dealkylation sites (tertiary alicyclic amines) is 1. The molecule has 1 N–H and O–H groups in total. The van der Waals surface area contributed by atoms with E-state index in [9.17, 15) is 9.59 Å². The van der Waals surface area contributed by atoms with Crippen molar-refractivity contribution in [3.8, 4) is 22.7 Å². The van der Waals surface area contributed by atoms with Gasteiger partial charge in [-0.3, -0.25) is 9.89 Å². The second-order valence-corrected chi connectivity index (χ2v) is 8.42. The Morgan fingerprint density at radius 1 is 1.12 bits per heavy atom. The average Bonchev–Trinajstić information content (AvgIpc) is 3.49. The number of nitrogens with zero attached hydrogens (tertiary/aromatic N) is 5. The van der Waals surface area contributed by atoms with Gasteiger partial charge < -0.3 is 9.64 Å². The monoisotopic (exact) mass is 458 g/mol. The van der Waals surface area contributed by atoms with Crippen molar-refractivity contribution in [2.75, 3.05) is 20.2 Å². The number of hydrogen-bond acceptors (Lipinski definition) is 5. The number of aryl methyl sites for hydroxylation is 1. The number of nitrogens with one attached hydrogen (secondary N) is 1. The summed E-state index contributed by atoms with van der Waals surface area (Å²) in [6.45, 7) is 1.13. The van der Waals surface area contributed by atoms with Crippen LogP contribution in [0.2, 0.25) is 0 Å². The summed E-state index contributed by atoms with van der Waals surface area (Å²) >= 11 is 0. The fourth-order valence-electron chi connectivity index (χ4n) is 4.47. The van der Waals surface area contributed by atoms with E-state index in [2.05, 4.69) is 15.3 Å².